The fraction of sp³-hybridized carbons (Fsp3) is 0.312. The van der Waals surface area contributed by atoms with Crippen LogP contribution in [0.2, 0.25) is 0 Å². The molecule has 0 radical (unpaired) electrons. The Morgan fingerprint density at radius 3 is 2.64 bits per heavy atom. The molecule has 1 fully saturated rings. The molecular weight excluding hydrogens is 316 g/mol. The molecule has 0 amide bonds. The van der Waals surface area contributed by atoms with Gasteiger partial charge in [0, 0.05) is 11.1 Å². The second-order valence-electron chi connectivity index (χ2n) is 6.01. The smallest absolute Gasteiger partial charge is 0.171 e. The van der Waals surface area contributed by atoms with Gasteiger partial charge in [0.25, 0.3) is 0 Å². The standard InChI is InChI=1S/C16H18N2O2S2/c1-16(9-10-22(19,20)11-16)18-15(21)17-14-8-4-6-12-5-2-3-7-13(12)14/h2-8H,9-11H2,1H3,(H2,17,18,21). The van der Waals surface area contributed by atoms with Gasteiger partial charge in [-0.25, -0.2) is 8.42 Å². The largest absolute Gasteiger partial charge is 0.356 e. The summed E-state index contributed by atoms with van der Waals surface area (Å²) in [5, 5.41) is 9.02. The SMILES string of the molecule is CC1(NC(=S)Nc2cccc3ccccc23)CCS(=O)(=O)C1. The Kier molecular flexibility index (Phi) is 3.82. The predicted octanol–water partition coefficient (Wildman–Crippen LogP) is 2.70. The number of nitrogens with one attached hydrogen (secondary N) is 2. The lowest BCUT2D eigenvalue weighted by atomic mass is 10.0. The second kappa shape index (κ2) is 5.52. The van der Waals surface area contributed by atoms with Crippen LogP contribution in [0.5, 0.6) is 0 Å². The molecule has 4 nitrogen and oxygen atoms in total. The van der Waals surface area contributed by atoms with Crippen LogP contribution in [-0.4, -0.2) is 30.6 Å². The van der Waals surface area contributed by atoms with Gasteiger partial charge in [-0.05, 0) is 37.0 Å². The van der Waals surface area contributed by atoms with Crippen LogP contribution >= 0.6 is 12.2 Å². The number of benzene rings is 2. The van der Waals surface area contributed by atoms with Crippen molar-refractivity contribution in [3.8, 4) is 0 Å². The highest BCUT2D eigenvalue weighted by Crippen LogP contribution is 2.25. The summed E-state index contributed by atoms with van der Waals surface area (Å²) in [6.45, 7) is 1.90. The molecule has 0 aromatic heterocycles. The third-order valence-electron chi connectivity index (χ3n) is 3.96. The Morgan fingerprint density at radius 1 is 1.18 bits per heavy atom. The number of thiocarbonyl (C=S) groups is 1. The van der Waals surface area contributed by atoms with E-state index in [2.05, 4.69) is 10.6 Å². The van der Waals surface area contributed by atoms with E-state index in [4.69, 9.17) is 12.2 Å². The molecular formula is C16H18N2O2S2. The molecule has 116 valence electrons. The van der Waals surface area contributed by atoms with E-state index in [0.29, 0.717) is 11.5 Å². The normalized spacial score (nSPS) is 23.3. The maximum atomic E-state index is 11.7. The molecule has 1 unspecified atom stereocenters. The van der Waals surface area contributed by atoms with E-state index in [0.717, 1.165) is 16.5 Å². The van der Waals surface area contributed by atoms with E-state index in [-0.39, 0.29) is 11.5 Å². The number of rotatable bonds is 2. The summed E-state index contributed by atoms with van der Waals surface area (Å²) in [7, 11) is -2.96. The van der Waals surface area contributed by atoms with Gasteiger partial charge >= 0.3 is 0 Å². The van der Waals surface area contributed by atoms with Crippen molar-refractivity contribution in [1.29, 1.82) is 0 Å². The molecule has 3 rings (SSSR count). The molecule has 2 N–H and O–H groups in total. The van der Waals surface area contributed by atoms with Crippen molar-refractivity contribution in [3.63, 3.8) is 0 Å². The van der Waals surface area contributed by atoms with Crippen LogP contribution < -0.4 is 10.6 Å². The van der Waals surface area contributed by atoms with Gasteiger partial charge < -0.3 is 10.6 Å². The topological polar surface area (TPSA) is 58.2 Å². The van der Waals surface area contributed by atoms with Crippen LogP contribution in [0.15, 0.2) is 42.5 Å². The van der Waals surface area contributed by atoms with Gasteiger partial charge in [0.2, 0.25) is 0 Å². The van der Waals surface area contributed by atoms with Gasteiger partial charge in [-0.3, -0.25) is 0 Å². The molecule has 0 bridgehead atoms. The number of hydrogen-bond acceptors (Lipinski definition) is 3. The number of sulfone groups is 1. The lowest BCUT2D eigenvalue weighted by molar-refractivity contribution is 0.474. The molecule has 0 saturated carbocycles. The number of anilines is 1. The maximum Gasteiger partial charge on any atom is 0.171 e. The molecule has 1 aliphatic rings. The summed E-state index contributed by atoms with van der Waals surface area (Å²) in [5.41, 5.74) is 0.424. The first kappa shape index (κ1) is 15.2. The minimum atomic E-state index is -2.96. The minimum absolute atomic E-state index is 0.122. The van der Waals surface area contributed by atoms with Crippen molar-refractivity contribution in [1.82, 2.24) is 5.32 Å². The van der Waals surface area contributed by atoms with Gasteiger partial charge in [-0.1, -0.05) is 36.4 Å². The zero-order valence-corrected chi connectivity index (χ0v) is 13.9. The summed E-state index contributed by atoms with van der Waals surface area (Å²) >= 11 is 5.37. The van der Waals surface area contributed by atoms with Crippen molar-refractivity contribution >= 4 is 43.6 Å². The fourth-order valence-electron chi connectivity index (χ4n) is 2.87. The molecule has 1 heterocycles. The zero-order valence-electron chi connectivity index (χ0n) is 12.3. The van der Waals surface area contributed by atoms with Crippen LogP contribution in [0.25, 0.3) is 10.8 Å². The van der Waals surface area contributed by atoms with Crippen LogP contribution in [0, 0.1) is 0 Å². The molecule has 1 saturated heterocycles. The molecule has 22 heavy (non-hydrogen) atoms. The van der Waals surface area contributed by atoms with E-state index < -0.39 is 15.4 Å². The Labute approximate surface area is 135 Å². The molecule has 2 aromatic rings. The van der Waals surface area contributed by atoms with Crippen LogP contribution in [-0.2, 0) is 9.84 Å². The summed E-state index contributed by atoms with van der Waals surface area (Å²) in [5.74, 6) is 0.338. The number of fused-ring (bicyclic) bond motifs is 1. The highest BCUT2D eigenvalue weighted by Gasteiger charge is 2.38. The van der Waals surface area contributed by atoms with Gasteiger partial charge in [0.15, 0.2) is 14.9 Å². The molecule has 1 atom stereocenters. The van der Waals surface area contributed by atoms with Crippen LogP contribution in [0.3, 0.4) is 0 Å². The zero-order chi connectivity index (χ0) is 15.8. The van der Waals surface area contributed by atoms with Gasteiger partial charge in [0.1, 0.15) is 0 Å². The molecule has 0 aliphatic carbocycles. The first-order chi connectivity index (χ1) is 10.4. The van der Waals surface area contributed by atoms with Crippen molar-refractivity contribution in [2.24, 2.45) is 0 Å². The Morgan fingerprint density at radius 2 is 1.91 bits per heavy atom. The maximum absolute atomic E-state index is 11.7. The van der Waals surface area contributed by atoms with Crippen molar-refractivity contribution in [2.45, 2.75) is 18.9 Å². The highest BCUT2D eigenvalue weighted by molar-refractivity contribution is 7.91. The molecule has 0 spiro atoms. The van der Waals surface area contributed by atoms with E-state index in [1.807, 2.05) is 49.4 Å². The predicted molar refractivity (Wildman–Crippen MR) is 95.0 cm³/mol. The van der Waals surface area contributed by atoms with Gasteiger partial charge in [-0.2, -0.15) is 0 Å². The van der Waals surface area contributed by atoms with Crippen molar-refractivity contribution in [2.75, 3.05) is 16.8 Å². The number of hydrogen-bond donors (Lipinski definition) is 2. The van der Waals surface area contributed by atoms with E-state index in [9.17, 15) is 8.42 Å². The van der Waals surface area contributed by atoms with E-state index >= 15 is 0 Å². The van der Waals surface area contributed by atoms with Gasteiger partial charge in [0.05, 0.1) is 17.0 Å². The van der Waals surface area contributed by atoms with Crippen molar-refractivity contribution in [3.05, 3.63) is 42.5 Å². The third-order valence-corrected chi connectivity index (χ3v) is 6.06. The second-order valence-corrected chi connectivity index (χ2v) is 8.60. The lowest BCUT2D eigenvalue weighted by Crippen LogP contribution is -2.48. The monoisotopic (exact) mass is 334 g/mol. The van der Waals surface area contributed by atoms with E-state index in [1.165, 1.54) is 0 Å². The molecule has 2 aromatic carbocycles. The van der Waals surface area contributed by atoms with Crippen LogP contribution in [0.4, 0.5) is 5.69 Å². The average Bonchev–Trinajstić information content (AvgIpc) is 2.72. The van der Waals surface area contributed by atoms with E-state index in [1.54, 1.807) is 0 Å². The first-order valence-corrected chi connectivity index (χ1v) is 9.37. The average molecular weight is 334 g/mol. The Bertz CT molecular complexity index is 828. The quantitative estimate of drug-likeness (QED) is 0.827. The van der Waals surface area contributed by atoms with Gasteiger partial charge in [-0.15, -0.1) is 0 Å². The summed E-state index contributed by atoms with van der Waals surface area (Å²) in [4.78, 5) is 0. The molecule has 1 aliphatic heterocycles. The summed E-state index contributed by atoms with van der Waals surface area (Å²) in [6.07, 6.45) is 0.576. The minimum Gasteiger partial charge on any atom is -0.356 e. The first-order valence-electron chi connectivity index (χ1n) is 7.14. The van der Waals surface area contributed by atoms with Crippen LogP contribution in [0.1, 0.15) is 13.3 Å². The molecule has 6 heteroatoms. The van der Waals surface area contributed by atoms with Crippen molar-refractivity contribution < 1.29 is 8.42 Å². The highest BCUT2D eigenvalue weighted by atomic mass is 32.2. The lowest BCUT2D eigenvalue weighted by Gasteiger charge is -2.26. The fourth-order valence-corrected chi connectivity index (χ4v) is 5.32. The summed E-state index contributed by atoms with van der Waals surface area (Å²) < 4.78 is 23.3. The Balaban J connectivity index is 1.77. The Hall–Kier alpha value is -1.66. The third kappa shape index (κ3) is 3.23. The summed E-state index contributed by atoms with van der Waals surface area (Å²) in [6, 6.07) is 14.0.